The molecule has 1 aromatic rings. The Balaban J connectivity index is 2.05. The third kappa shape index (κ3) is 2.44. The van der Waals surface area contributed by atoms with E-state index in [0.29, 0.717) is 6.04 Å². The zero-order valence-corrected chi connectivity index (χ0v) is 9.69. The maximum absolute atomic E-state index is 5.47. The van der Waals surface area contributed by atoms with Crippen LogP contribution in [0.3, 0.4) is 0 Å². The molecular formula is C14H18N2. The molecule has 2 unspecified atom stereocenters. The average molecular weight is 214 g/mol. The van der Waals surface area contributed by atoms with Gasteiger partial charge >= 0.3 is 0 Å². The monoisotopic (exact) mass is 214 g/mol. The summed E-state index contributed by atoms with van der Waals surface area (Å²) in [4.78, 5) is 2.36. The quantitative estimate of drug-likeness (QED) is 0.753. The Hall–Kier alpha value is -1.30. The van der Waals surface area contributed by atoms with E-state index >= 15 is 0 Å². The van der Waals surface area contributed by atoms with Crippen LogP contribution in [-0.2, 0) is 0 Å². The number of benzene rings is 1. The van der Waals surface area contributed by atoms with Gasteiger partial charge in [-0.1, -0.05) is 36.3 Å². The average Bonchev–Trinajstić information content (AvgIpc) is 2.39. The van der Waals surface area contributed by atoms with Crippen molar-refractivity contribution >= 4 is 0 Å². The van der Waals surface area contributed by atoms with Gasteiger partial charge in [-0.3, -0.25) is 4.90 Å². The van der Waals surface area contributed by atoms with E-state index in [1.807, 2.05) is 6.07 Å². The highest BCUT2D eigenvalue weighted by atomic mass is 15.2. The van der Waals surface area contributed by atoms with Gasteiger partial charge in [0, 0.05) is 25.7 Å². The summed E-state index contributed by atoms with van der Waals surface area (Å²) in [5.74, 6) is 2.80. The summed E-state index contributed by atoms with van der Waals surface area (Å²) >= 11 is 0. The molecule has 1 fully saturated rings. The molecule has 2 atom stereocenters. The Labute approximate surface area is 97.7 Å². The molecule has 0 aliphatic carbocycles. The maximum Gasteiger partial charge on any atom is 0.0684 e. The molecule has 2 rings (SSSR count). The number of hydrogen-bond donors (Lipinski definition) is 1. The summed E-state index contributed by atoms with van der Waals surface area (Å²) < 4.78 is 0. The number of piperazine rings is 1. The Bertz CT molecular complexity index is 366. The number of rotatable bonds is 2. The standard InChI is InChI=1S/C14H18N2/c1-3-12(2)16-10-9-15-14(11-16)13-7-5-4-6-8-13/h1,4-8,12,14-15H,9-11H2,2H3. The van der Waals surface area contributed by atoms with Crippen LogP contribution in [0.1, 0.15) is 18.5 Å². The summed E-state index contributed by atoms with van der Waals surface area (Å²) in [6, 6.07) is 11.2. The van der Waals surface area contributed by atoms with Crippen LogP contribution < -0.4 is 5.32 Å². The number of nitrogens with one attached hydrogen (secondary N) is 1. The van der Waals surface area contributed by atoms with Crippen LogP contribution in [0.5, 0.6) is 0 Å². The minimum Gasteiger partial charge on any atom is -0.308 e. The first-order valence-corrected chi connectivity index (χ1v) is 5.80. The molecule has 1 saturated heterocycles. The molecule has 0 amide bonds. The summed E-state index contributed by atoms with van der Waals surface area (Å²) in [6.45, 7) is 5.13. The van der Waals surface area contributed by atoms with Crippen LogP contribution in [0.25, 0.3) is 0 Å². The fraction of sp³-hybridized carbons (Fsp3) is 0.429. The normalized spacial score (nSPS) is 23.6. The molecule has 1 aromatic carbocycles. The highest BCUT2D eigenvalue weighted by Gasteiger charge is 2.22. The van der Waals surface area contributed by atoms with Crippen molar-refractivity contribution in [3.8, 4) is 12.3 Å². The minimum absolute atomic E-state index is 0.230. The Kier molecular flexibility index (Phi) is 3.61. The van der Waals surface area contributed by atoms with E-state index in [-0.39, 0.29) is 6.04 Å². The van der Waals surface area contributed by atoms with Gasteiger partial charge in [0.25, 0.3) is 0 Å². The largest absolute Gasteiger partial charge is 0.308 e. The fourth-order valence-electron chi connectivity index (χ4n) is 2.14. The van der Waals surface area contributed by atoms with Crippen molar-refractivity contribution in [3.63, 3.8) is 0 Å². The molecule has 1 N–H and O–H groups in total. The Morgan fingerprint density at radius 1 is 1.44 bits per heavy atom. The van der Waals surface area contributed by atoms with Crippen molar-refractivity contribution in [2.75, 3.05) is 19.6 Å². The summed E-state index contributed by atoms with van der Waals surface area (Å²) in [5, 5.41) is 3.53. The first kappa shape index (κ1) is 11.2. The maximum atomic E-state index is 5.47. The molecule has 2 nitrogen and oxygen atoms in total. The number of hydrogen-bond acceptors (Lipinski definition) is 2. The van der Waals surface area contributed by atoms with Crippen LogP contribution >= 0.6 is 0 Å². The zero-order chi connectivity index (χ0) is 11.4. The molecule has 0 spiro atoms. The second-order valence-corrected chi connectivity index (χ2v) is 4.25. The zero-order valence-electron chi connectivity index (χ0n) is 9.69. The van der Waals surface area contributed by atoms with Crippen molar-refractivity contribution in [1.29, 1.82) is 0 Å². The Morgan fingerprint density at radius 3 is 2.88 bits per heavy atom. The third-order valence-electron chi connectivity index (χ3n) is 3.20. The topological polar surface area (TPSA) is 15.3 Å². The molecule has 1 aliphatic rings. The summed E-state index contributed by atoms with van der Waals surface area (Å²) in [6.07, 6.45) is 5.47. The molecular weight excluding hydrogens is 196 g/mol. The van der Waals surface area contributed by atoms with Crippen LogP contribution in [0, 0.1) is 12.3 Å². The summed E-state index contributed by atoms with van der Waals surface area (Å²) in [7, 11) is 0. The van der Waals surface area contributed by atoms with Gasteiger partial charge in [0.15, 0.2) is 0 Å². The lowest BCUT2D eigenvalue weighted by molar-refractivity contribution is 0.181. The van der Waals surface area contributed by atoms with Gasteiger partial charge in [-0.05, 0) is 12.5 Å². The van der Waals surface area contributed by atoms with E-state index in [9.17, 15) is 0 Å². The number of terminal acetylenes is 1. The van der Waals surface area contributed by atoms with Crippen molar-refractivity contribution in [2.24, 2.45) is 0 Å². The molecule has 1 aliphatic heterocycles. The van der Waals surface area contributed by atoms with E-state index < -0.39 is 0 Å². The van der Waals surface area contributed by atoms with Gasteiger partial charge in [0.2, 0.25) is 0 Å². The van der Waals surface area contributed by atoms with Crippen LogP contribution in [0.4, 0.5) is 0 Å². The van der Waals surface area contributed by atoms with Crippen LogP contribution in [-0.4, -0.2) is 30.6 Å². The van der Waals surface area contributed by atoms with Gasteiger partial charge in [0.1, 0.15) is 0 Å². The lowest BCUT2D eigenvalue weighted by Gasteiger charge is -2.35. The first-order chi connectivity index (χ1) is 7.81. The van der Waals surface area contributed by atoms with Gasteiger partial charge in [-0.25, -0.2) is 0 Å². The fourth-order valence-corrected chi connectivity index (χ4v) is 2.14. The highest BCUT2D eigenvalue weighted by molar-refractivity contribution is 5.20. The molecule has 84 valence electrons. The van der Waals surface area contributed by atoms with E-state index in [2.05, 4.69) is 47.3 Å². The molecule has 16 heavy (non-hydrogen) atoms. The summed E-state index contributed by atoms with van der Waals surface area (Å²) in [5.41, 5.74) is 1.34. The van der Waals surface area contributed by atoms with Crippen molar-refractivity contribution < 1.29 is 0 Å². The van der Waals surface area contributed by atoms with Crippen LogP contribution in [0.2, 0.25) is 0 Å². The van der Waals surface area contributed by atoms with Crippen molar-refractivity contribution in [3.05, 3.63) is 35.9 Å². The molecule has 0 radical (unpaired) electrons. The molecule has 0 bridgehead atoms. The van der Waals surface area contributed by atoms with Gasteiger partial charge < -0.3 is 5.32 Å². The van der Waals surface area contributed by atoms with Crippen molar-refractivity contribution in [2.45, 2.75) is 19.0 Å². The number of nitrogens with zero attached hydrogens (tertiary/aromatic N) is 1. The molecule has 2 heteroatoms. The molecule has 0 saturated carbocycles. The van der Waals surface area contributed by atoms with Gasteiger partial charge in [-0.2, -0.15) is 0 Å². The van der Waals surface area contributed by atoms with E-state index in [1.54, 1.807) is 0 Å². The second-order valence-electron chi connectivity index (χ2n) is 4.25. The molecule has 1 heterocycles. The smallest absolute Gasteiger partial charge is 0.0684 e. The van der Waals surface area contributed by atoms with Crippen LogP contribution in [0.15, 0.2) is 30.3 Å². The predicted octanol–water partition coefficient (Wildman–Crippen LogP) is 1.65. The van der Waals surface area contributed by atoms with Gasteiger partial charge in [-0.15, -0.1) is 6.42 Å². The van der Waals surface area contributed by atoms with Gasteiger partial charge in [0.05, 0.1) is 6.04 Å². The Morgan fingerprint density at radius 2 is 2.19 bits per heavy atom. The SMILES string of the molecule is C#CC(C)N1CCNC(c2ccccc2)C1. The predicted molar refractivity (Wildman–Crippen MR) is 67.1 cm³/mol. The highest BCUT2D eigenvalue weighted by Crippen LogP contribution is 2.17. The van der Waals surface area contributed by atoms with E-state index in [1.165, 1.54) is 5.56 Å². The first-order valence-electron chi connectivity index (χ1n) is 5.80. The second kappa shape index (κ2) is 5.16. The lowest BCUT2D eigenvalue weighted by atomic mass is 10.0. The lowest BCUT2D eigenvalue weighted by Crippen LogP contribution is -2.48. The third-order valence-corrected chi connectivity index (χ3v) is 3.20. The van der Waals surface area contributed by atoms with Crippen molar-refractivity contribution in [1.82, 2.24) is 10.2 Å². The van der Waals surface area contributed by atoms with E-state index in [0.717, 1.165) is 19.6 Å². The molecule has 0 aromatic heterocycles. The van der Waals surface area contributed by atoms with E-state index in [4.69, 9.17) is 6.42 Å². The minimum atomic E-state index is 0.230.